The molecule has 0 radical (unpaired) electrons. The molecule has 11 heteroatoms. The lowest BCUT2D eigenvalue weighted by Crippen LogP contribution is -2.30. The summed E-state index contributed by atoms with van der Waals surface area (Å²) in [5.41, 5.74) is 0.306. The van der Waals surface area contributed by atoms with Gasteiger partial charge < -0.3 is 19.6 Å². The number of amides is 1. The number of carbonyl (C=O) groups is 1. The Kier molecular flexibility index (Phi) is 6.36. The summed E-state index contributed by atoms with van der Waals surface area (Å²) in [7, 11) is 0. The van der Waals surface area contributed by atoms with E-state index in [1.165, 1.54) is 24.3 Å². The maximum Gasteiger partial charge on any atom is 0.405 e. The lowest BCUT2D eigenvalue weighted by molar-refractivity contribution is -0.0750. The van der Waals surface area contributed by atoms with Crippen molar-refractivity contribution < 1.29 is 36.6 Å². The molecule has 0 aliphatic rings. The van der Waals surface area contributed by atoms with E-state index < -0.39 is 31.1 Å². The third kappa shape index (κ3) is 5.33. The van der Waals surface area contributed by atoms with E-state index in [1.807, 2.05) is 0 Å². The first-order valence-corrected chi connectivity index (χ1v) is 7.37. The van der Waals surface area contributed by atoms with Crippen LogP contribution in [0.15, 0.2) is 28.7 Å². The third-order valence-corrected chi connectivity index (χ3v) is 3.24. The molecule has 1 aromatic carbocycles. The van der Waals surface area contributed by atoms with Crippen LogP contribution >= 0.6 is 0 Å². The zero-order valence-corrected chi connectivity index (χ0v) is 13.4. The van der Waals surface area contributed by atoms with Gasteiger partial charge in [0.25, 0.3) is 12.8 Å². The Labute approximate surface area is 145 Å². The summed E-state index contributed by atoms with van der Waals surface area (Å²) in [6.45, 7) is 1.56. The van der Waals surface area contributed by atoms with Crippen molar-refractivity contribution in [3.8, 4) is 5.75 Å². The van der Waals surface area contributed by atoms with Crippen molar-refractivity contribution in [3.05, 3.63) is 41.6 Å². The summed E-state index contributed by atoms with van der Waals surface area (Å²) in [5, 5.41) is 18.6. The fourth-order valence-electron chi connectivity index (χ4n) is 2.11. The molecule has 2 aromatic rings. The summed E-state index contributed by atoms with van der Waals surface area (Å²) in [5.74, 6) is 0.196. The molecule has 3 atom stereocenters. The molecule has 2 rings (SSSR count). The normalized spacial score (nSPS) is 14.7. The molecule has 0 saturated heterocycles. The zero-order chi connectivity index (χ0) is 19.3. The topological polar surface area (TPSA) is 97.5 Å². The quantitative estimate of drug-likeness (QED) is 0.686. The van der Waals surface area contributed by atoms with E-state index in [1.54, 1.807) is 6.92 Å². The Morgan fingerprint density at radius 2 is 2.04 bits per heavy atom. The van der Waals surface area contributed by atoms with Gasteiger partial charge in [-0.2, -0.15) is 4.39 Å². The van der Waals surface area contributed by atoms with E-state index in [4.69, 9.17) is 9.52 Å². The molecule has 0 aliphatic heterocycles. The van der Waals surface area contributed by atoms with Crippen LogP contribution in [0.25, 0.3) is 0 Å². The van der Waals surface area contributed by atoms with Gasteiger partial charge in [0.05, 0.1) is 12.5 Å². The van der Waals surface area contributed by atoms with Crippen LogP contribution in [0.4, 0.5) is 22.4 Å². The van der Waals surface area contributed by atoms with Crippen LogP contribution in [0.3, 0.4) is 0 Å². The SMILES string of the molecule is Cc1nnc(CC(NC(=O)O)c2cccc(OC(F)C(F)C(F)F)c2)o1. The Bertz CT molecular complexity index is 743. The fourth-order valence-corrected chi connectivity index (χ4v) is 2.11. The number of nitrogens with zero attached hydrogens (tertiary/aromatic N) is 2. The number of rotatable bonds is 8. The van der Waals surface area contributed by atoms with Crippen molar-refractivity contribution in [2.75, 3.05) is 0 Å². The number of hydrogen-bond acceptors (Lipinski definition) is 5. The Hall–Kier alpha value is -2.85. The van der Waals surface area contributed by atoms with Gasteiger partial charge in [-0.05, 0) is 17.7 Å². The van der Waals surface area contributed by atoms with Crippen LogP contribution in [0.1, 0.15) is 23.4 Å². The standard InChI is InChI=1S/C15H15F4N3O4/c1-7-21-22-11(25-7)6-10(20-15(23)24)8-3-2-4-9(5-8)26-14(19)12(16)13(17)18/h2-5,10,12-14,20H,6H2,1H3,(H,23,24). The van der Waals surface area contributed by atoms with Gasteiger partial charge >= 0.3 is 6.09 Å². The summed E-state index contributed by atoms with van der Waals surface area (Å²) in [4.78, 5) is 11.0. The van der Waals surface area contributed by atoms with E-state index >= 15 is 0 Å². The number of alkyl halides is 4. The van der Waals surface area contributed by atoms with Crippen molar-refractivity contribution in [1.29, 1.82) is 0 Å². The summed E-state index contributed by atoms with van der Waals surface area (Å²) < 4.78 is 60.5. The van der Waals surface area contributed by atoms with Crippen LogP contribution in [-0.4, -0.2) is 40.4 Å². The molecule has 1 aromatic heterocycles. The average Bonchev–Trinajstić information content (AvgIpc) is 2.98. The molecule has 142 valence electrons. The highest BCUT2D eigenvalue weighted by atomic mass is 19.3. The highest BCUT2D eigenvalue weighted by Crippen LogP contribution is 2.25. The van der Waals surface area contributed by atoms with Crippen molar-refractivity contribution >= 4 is 6.09 Å². The van der Waals surface area contributed by atoms with Crippen LogP contribution in [0.2, 0.25) is 0 Å². The number of benzene rings is 1. The Morgan fingerprint density at radius 3 is 2.62 bits per heavy atom. The molecule has 7 nitrogen and oxygen atoms in total. The second-order valence-corrected chi connectivity index (χ2v) is 5.24. The van der Waals surface area contributed by atoms with Gasteiger partial charge in [-0.15, -0.1) is 10.2 Å². The molecule has 2 N–H and O–H groups in total. The number of aryl methyl sites for hydroxylation is 1. The summed E-state index contributed by atoms with van der Waals surface area (Å²) in [6, 6.07) is 4.43. The van der Waals surface area contributed by atoms with E-state index in [2.05, 4.69) is 20.3 Å². The zero-order valence-electron chi connectivity index (χ0n) is 13.4. The van der Waals surface area contributed by atoms with Crippen molar-refractivity contribution in [1.82, 2.24) is 15.5 Å². The predicted molar refractivity (Wildman–Crippen MR) is 79.5 cm³/mol. The largest absolute Gasteiger partial charge is 0.465 e. The Balaban J connectivity index is 2.18. The molecule has 0 aliphatic carbocycles. The van der Waals surface area contributed by atoms with E-state index in [9.17, 15) is 22.4 Å². The van der Waals surface area contributed by atoms with Gasteiger partial charge in [0.15, 0.2) is 0 Å². The van der Waals surface area contributed by atoms with Gasteiger partial charge in [-0.1, -0.05) is 12.1 Å². The minimum absolute atomic E-state index is 0.0155. The second kappa shape index (κ2) is 8.50. The van der Waals surface area contributed by atoms with Crippen molar-refractivity contribution in [2.45, 2.75) is 38.3 Å². The lowest BCUT2D eigenvalue weighted by atomic mass is 10.0. The third-order valence-electron chi connectivity index (χ3n) is 3.24. The fraction of sp³-hybridized carbons (Fsp3) is 0.400. The highest BCUT2D eigenvalue weighted by molar-refractivity contribution is 5.65. The van der Waals surface area contributed by atoms with E-state index in [0.717, 1.165) is 0 Å². The average molecular weight is 377 g/mol. The van der Waals surface area contributed by atoms with Gasteiger partial charge in [0.2, 0.25) is 18.0 Å². The predicted octanol–water partition coefficient (Wildman–Crippen LogP) is 3.21. The number of ether oxygens (including phenoxy) is 1. The van der Waals surface area contributed by atoms with Gasteiger partial charge in [-0.3, -0.25) is 0 Å². The van der Waals surface area contributed by atoms with Crippen LogP contribution in [-0.2, 0) is 6.42 Å². The summed E-state index contributed by atoms with van der Waals surface area (Å²) in [6.07, 6.45) is -10.9. The van der Waals surface area contributed by atoms with E-state index in [0.29, 0.717) is 5.56 Å². The number of aromatic nitrogens is 2. The first-order valence-electron chi connectivity index (χ1n) is 7.37. The van der Waals surface area contributed by atoms with Crippen molar-refractivity contribution in [2.24, 2.45) is 0 Å². The van der Waals surface area contributed by atoms with Gasteiger partial charge in [-0.25, -0.2) is 18.0 Å². The summed E-state index contributed by atoms with van der Waals surface area (Å²) >= 11 is 0. The molecular formula is C15H15F4N3O4. The van der Waals surface area contributed by atoms with E-state index in [-0.39, 0.29) is 24.0 Å². The number of hydrogen-bond donors (Lipinski definition) is 2. The monoisotopic (exact) mass is 377 g/mol. The molecule has 26 heavy (non-hydrogen) atoms. The highest BCUT2D eigenvalue weighted by Gasteiger charge is 2.31. The maximum absolute atomic E-state index is 13.4. The molecule has 1 amide bonds. The second-order valence-electron chi connectivity index (χ2n) is 5.24. The maximum atomic E-state index is 13.4. The molecule has 0 saturated carbocycles. The van der Waals surface area contributed by atoms with Crippen LogP contribution in [0, 0.1) is 6.92 Å². The minimum Gasteiger partial charge on any atom is -0.465 e. The van der Waals surface area contributed by atoms with Gasteiger partial charge in [0.1, 0.15) is 5.75 Å². The number of nitrogens with one attached hydrogen (secondary N) is 1. The van der Waals surface area contributed by atoms with Crippen LogP contribution in [0.5, 0.6) is 5.75 Å². The first kappa shape index (κ1) is 19.5. The first-order chi connectivity index (χ1) is 12.3. The smallest absolute Gasteiger partial charge is 0.405 e. The molecule has 3 unspecified atom stereocenters. The number of halogens is 4. The molecule has 0 spiro atoms. The lowest BCUT2D eigenvalue weighted by Gasteiger charge is -2.18. The molecule has 0 bridgehead atoms. The minimum atomic E-state index is -3.53. The molecular weight excluding hydrogens is 362 g/mol. The Morgan fingerprint density at radius 1 is 1.31 bits per heavy atom. The van der Waals surface area contributed by atoms with Gasteiger partial charge in [0, 0.05) is 6.92 Å². The van der Waals surface area contributed by atoms with Crippen LogP contribution < -0.4 is 10.1 Å². The molecule has 0 fully saturated rings. The number of carboxylic acid groups (broad SMARTS) is 1. The molecule has 1 heterocycles. The van der Waals surface area contributed by atoms with Crippen molar-refractivity contribution in [3.63, 3.8) is 0 Å².